The minimum atomic E-state index is -0.689. The van der Waals surface area contributed by atoms with Crippen LogP contribution in [0.5, 0.6) is 5.88 Å². The molecule has 1 aromatic rings. The zero-order valence-corrected chi connectivity index (χ0v) is 11.2. The molecule has 0 aliphatic carbocycles. The van der Waals surface area contributed by atoms with Gasteiger partial charge in [-0.05, 0) is 0 Å². The molecule has 7 heteroatoms. The zero-order chi connectivity index (χ0) is 12.3. The molecule has 0 aromatic carbocycles. The summed E-state index contributed by atoms with van der Waals surface area (Å²) in [5.74, 6) is 1.46. The fourth-order valence-corrected chi connectivity index (χ4v) is 3.29. The van der Waals surface area contributed by atoms with Crippen molar-refractivity contribution >= 4 is 33.2 Å². The highest BCUT2D eigenvalue weighted by Gasteiger charge is 2.18. The molecule has 1 fully saturated rings. The fraction of sp³-hybridized carbons (Fsp3) is 0.600. The van der Waals surface area contributed by atoms with E-state index in [1.165, 1.54) is 11.3 Å². The van der Waals surface area contributed by atoms with E-state index >= 15 is 0 Å². The van der Waals surface area contributed by atoms with Gasteiger partial charge in [0, 0.05) is 41.8 Å². The number of hydrogen-bond donors (Lipinski definition) is 0. The van der Waals surface area contributed by atoms with Crippen molar-refractivity contribution in [3.8, 4) is 5.88 Å². The van der Waals surface area contributed by atoms with Crippen molar-refractivity contribution in [2.45, 2.75) is 13.3 Å². The van der Waals surface area contributed by atoms with Crippen molar-refractivity contribution < 1.29 is 13.7 Å². The molecule has 0 saturated carbocycles. The first kappa shape index (κ1) is 12.5. The Bertz CT molecular complexity index is 423. The van der Waals surface area contributed by atoms with Crippen LogP contribution in [0.3, 0.4) is 0 Å². The molecule has 1 aromatic heterocycles. The van der Waals surface area contributed by atoms with E-state index in [9.17, 15) is 9.00 Å². The number of thiazole rings is 1. The number of ether oxygens (including phenoxy) is 1. The molecular weight excluding hydrogens is 260 g/mol. The van der Waals surface area contributed by atoms with Gasteiger partial charge in [-0.1, -0.05) is 6.92 Å². The Labute approximate surface area is 106 Å². The average Bonchev–Trinajstić information content (AvgIpc) is 2.78. The summed E-state index contributed by atoms with van der Waals surface area (Å²) in [6.07, 6.45) is 0.343. The van der Waals surface area contributed by atoms with Gasteiger partial charge < -0.3 is 9.64 Å². The summed E-state index contributed by atoms with van der Waals surface area (Å²) in [6, 6.07) is 0. The maximum absolute atomic E-state index is 11.2. The Hall–Kier alpha value is -0.950. The molecule has 0 bridgehead atoms. The Morgan fingerprint density at radius 2 is 2.29 bits per heavy atom. The van der Waals surface area contributed by atoms with Gasteiger partial charge in [-0.15, -0.1) is 11.3 Å². The molecular formula is C10H14N2O3S2. The first-order valence-electron chi connectivity index (χ1n) is 5.45. The Balaban J connectivity index is 1.98. The summed E-state index contributed by atoms with van der Waals surface area (Å²) in [6.45, 7) is 3.25. The van der Waals surface area contributed by atoms with E-state index in [4.69, 9.17) is 4.74 Å². The van der Waals surface area contributed by atoms with Crippen molar-refractivity contribution in [3.05, 3.63) is 5.38 Å². The van der Waals surface area contributed by atoms with Gasteiger partial charge in [-0.2, -0.15) is 4.98 Å². The van der Waals surface area contributed by atoms with Gasteiger partial charge in [0.1, 0.15) is 0 Å². The van der Waals surface area contributed by atoms with Crippen LogP contribution in [0.15, 0.2) is 5.38 Å². The molecule has 0 amide bonds. The second-order valence-electron chi connectivity index (χ2n) is 3.63. The molecule has 94 valence electrons. The van der Waals surface area contributed by atoms with Crippen LogP contribution in [-0.2, 0) is 15.6 Å². The Morgan fingerprint density at radius 1 is 1.59 bits per heavy atom. The van der Waals surface area contributed by atoms with Crippen LogP contribution in [-0.4, -0.2) is 39.8 Å². The van der Waals surface area contributed by atoms with Crippen LogP contribution in [0.2, 0.25) is 0 Å². The predicted octanol–water partition coefficient (Wildman–Crippen LogP) is 1.03. The van der Waals surface area contributed by atoms with Gasteiger partial charge in [0.2, 0.25) is 5.88 Å². The predicted molar refractivity (Wildman–Crippen MR) is 68.1 cm³/mol. The van der Waals surface area contributed by atoms with Crippen LogP contribution in [0.1, 0.15) is 13.3 Å². The van der Waals surface area contributed by atoms with Crippen molar-refractivity contribution in [3.63, 3.8) is 0 Å². The minimum Gasteiger partial charge on any atom is -0.406 e. The average molecular weight is 274 g/mol. The van der Waals surface area contributed by atoms with Crippen molar-refractivity contribution in [1.29, 1.82) is 0 Å². The Morgan fingerprint density at radius 3 is 2.94 bits per heavy atom. The molecule has 1 aliphatic heterocycles. The lowest BCUT2D eigenvalue weighted by Gasteiger charge is -2.25. The van der Waals surface area contributed by atoms with Crippen LogP contribution in [0, 0.1) is 0 Å². The van der Waals surface area contributed by atoms with Crippen LogP contribution in [0.4, 0.5) is 5.13 Å². The number of esters is 1. The van der Waals surface area contributed by atoms with E-state index in [-0.39, 0.29) is 5.97 Å². The van der Waals surface area contributed by atoms with Crippen molar-refractivity contribution in [2.24, 2.45) is 0 Å². The molecule has 0 radical (unpaired) electrons. The Kier molecular flexibility index (Phi) is 4.11. The molecule has 2 heterocycles. The van der Waals surface area contributed by atoms with Crippen LogP contribution >= 0.6 is 11.3 Å². The highest BCUT2D eigenvalue weighted by atomic mass is 32.2. The molecule has 17 heavy (non-hydrogen) atoms. The van der Waals surface area contributed by atoms with Crippen molar-refractivity contribution in [1.82, 2.24) is 4.98 Å². The molecule has 0 N–H and O–H groups in total. The summed E-state index contributed by atoms with van der Waals surface area (Å²) in [5, 5.41) is 2.56. The quantitative estimate of drug-likeness (QED) is 0.770. The molecule has 1 aliphatic rings. The molecule has 1 saturated heterocycles. The standard InChI is InChI=1S/C10H14N2O3S2/c1-2-9(13)15-8-7-16-10(11-8)12-3-5-17(14)6-4-12/h7H,2-6H2,1H3. The summed E-state index contributed by atoms with van der Waals surface area (Å²) < 4.78 is 16.3. The number of carbonyl (C=O) groups excluding carboxylic acids is 1. The van der Waals surface area contributed by atoms with E-state index in [0.29, 0.717) is 23.8 Å². The van der Waals surface area contributed by atoms with Crippen molar-refractivity contribution in [2.75, 3.05) is 29.5 Å². The first-order chi connectivity index (χ1) is 8.19. The van der Waals surface area contributed by atoms with E-state index in [1.54, 1.807) is 12.3 Å². The molecule has 0 spiro atoms. The van der Waals surface area contributed by atoms with Gasteiger partial charge in [0.05, 0.1) is 5.38 Å². The summed E-state index contributed by atoms with van der Waals surface area (Å²) >= 11 is 1.45. The van der Waals surface area contributed by atoms with Gasteiger partial charge >= 0.3 is 5.97 Å². The number of carbonyl (C=O) groups is 1. The molecule has 2 rings (SSSR count). The van der Waals surface area contributed by atoms with Gasteiger partial charge in [0.25, 0.3) is 0 Å². The maximum atomic E-state index is 11.2. The van der Waals surface area contributed by atoms with Crippen LogP contribution in [0.25, 0.3) is 0 Å². The highest BCUT2D eigenvalue weighted by molar-refractivity contribution is 7.85. The summed E-state index contributed by atoms with van der Waals surface area (Å²) in [4.78, 5) is 17.4. The number of aromatic nitrogens is 1. The van der Waals surface area contributed by atoms with Gasteiger partial charge in [-0.25, -0.2) is 0 Å². The number of hydrogen-bond acceptors (Lipinski definition) is 6. The highest BCUT2D eigenvalue weighted by Crippen LogP contribution is 2.25. The molecule has 5 nitrogen and oxygen atoms in total. The normalized spacial score (nSPS) is 17.1. The zero-order valence-electron chi connectivity index (χ0n) is 9.55. The lowest BCUT2D eigenvalue weighted by Crippen LogP contribution is -2.37. The number of anilines is 1. The number of rotatable bonds is 3. The second kappa shape index (κ2) is 5.59. The summed E-state index contributed by atoms with van der Waals surface area (Å²) in [5.41, 5.74) is 0. The van der Waals surface area contributed by atoms with E-state index < -0.39 is 10.8 Å². The minimum absolute atomic E-state index is 0.276. The SMILES string of the molecule is CCC(=O)Oc1csc(N2CCS(=O)CC2)n1. The third-order valence-corrected chi connectivity index (χ3v) is 4.58. The van der Waals surface area contributed by atoms with Crippen LogP contribution < -0.4 is 9.64 Å². The second-order valence-corrected chi connectivity index (χ2v) is 6.16. The lowest BCUT2D eigenvalue weighted by molar-refractivity contribution is -0.134. The monoisotopic (exact) mass is 274 g/mol. The smallest absolute Gasteiger partial charge is 0.312 e. The van der Waals surface area contributed by atoms with Gasteiger partial charge in [-0.3, -0.25) is 9.00 Å². The van der Waals surface area contributed by atoms with Gasteiger partial charge in [0.15, 0.2) is 5.13 Å². The molecule has 0 atom stereocenters. The van der Waals surface area contributed by atoms with E-state index in [1.807, 2.05) is 0 Å². The lowest BCUT2D eigenvalue weighted by atomic mass is 10.5. The fourth-order valence-electron chi connectivity index (χ4n) is 1.46. The largest absolute Gasteiger partial charge is 0.406 e. The third kappa shape index (κ3) is 3.26. The van der Waals surface area contributed by atoms with E-state index in [2.05, 4.69) is 9.88 Å². The van der Waals surface area contributed by atoms with E-state index in [0.717, 1.165) is 18.2 Å². The third-order valence-electron chi connectivity index (χ3n) is 2.43. The summed E-state index contributed by atoms with van der Waals surface area (Å²) in [7, 11) is -0.689. The molecule has 0 unspecified atom stereocenters. The maximum Gasteiger partial charge on any atom is 0.312 e. The first-order valence-corrected chi connectivity index (χ1v) is 7.82. The number of nitrogens with zero attached hydrogens (tertiary/aromatic N) is 2. The topological polar surface area (TPSA) is 59.5 Å².